The van der Waals surface area contributed by atoms with E-state index in [0.29, 0.717) is 12.1 Å². The van der Waals surface area contributed by atoms with Crippen LogP contribution in [0, 0.1) is 20.8 Å². The van der Waals surface area contributed by atoms with Gasteiger partial charge < -0.3 is 10.2 Å². The maximum Gasteiger partial charge on any atom is 0.264 e. The fourth-order valence-corrected chi connectivity index (χ4v) is 6.13. The minimum Gasteiger partial charge on any atom is -0.352 e. The number of benzene rings is 3. The standard InChI is InChI=1S/C32H41N3O4S/c1-7-26(6)33-32(37)30(8-2)34(21-27-14-12-13-23(3)18-27)31(36)22-35(28-19-24(4)17-25(5)20-28)40(38,39)29-15-10-9-11-16-29/h9-20,26,30H,7-8,21-22H2,1-6H3,(H,33,37)/t26-,30+/m0/s1. The van der Waals surface area contributed by atoms with E-state index in [9.17, 15) is 18.0 Å². The van der Waals surface area contributed by atoms with Crippen molar-refractivity contribution in [2.75, 3.05) is 10.8 Å². The number of hydrogen-bond acceptors (Lipinski definition) is 4. The van der Waals surface area contributed by atoms with E-state index in [1.807, 2.05) is 71.9 Å². The molecule has 2 amide bonds. The average molecular weight is 564 g/mol. The number of hydrogen-bond donors (Lipinski definition) is 1. The highest BCUT2D eigenvalue weighted by Crippen LogP contribution is 2.27. The molecule has 0 unspecified atom stereocenters. The van der Waals surface area contributed by atoms with Gasteiger partial charge in [0.2, 0.25) is 11.8 Å². The smallest absolute Gasteiger partial charge is 0.264 e. The number of carbonyl (C=O) groups is 2. The number of amides is 2. The van der Waals surface area contributed by atoms with Gasteiger partial charge in [-0.05, 0) is 81.5 Å². The van der Waals surface area contributed by atoms with Gasteiger partial charge in [-0.3, -0.25) is 13.9 Å². The van der Waals surface area contributed by atoms with Crippen molar-refractivity contribution >= 4 is 27.5 Å². The quantitative estimate of drug-likeness (QED) is 0.314. The van der Waals surface area contributed by atoms with Crippen molar-refractivity contribution in [1.29, 1.82) is 0 Å². The Labute approximate surface area is 239 Å². The van der Waals surface area contributed by atoms with Crippen LogP contribution in [-0.4, -0.2) is 43.8 Å². The van der Waals surface area contributed by atoms with Crippen LogP contribution >= 0.6 is 0 Å². The van der Waals surface area contributed by atoms with Gasteiger partial charge in [-0.15, -0.1) is 0 Å². The third-order valence-corrected chi connectivity index (χ3v) is 8.71. The monoisotopic (exact) mass is 563 g/mol. The highest BCUT2D eigenvalue weighted by atomic mass is 32.2. The Kier molecular flexibility index (Phi) is 10.5. The van der Waals surface area contributed by atoms with E-state index in [2.05, 4.69) is 5.32 Å². The molecular formula is C32H41N3O4S. The van der Waals surface area contributed by atoms with Crippen molar-refractivity contribution in [3.05, 3.63) is 95.1 Å². The Balaban J connectivity index is 2.08. The van der Waals surface area contributed by atoms with Crippen LogP contribution < -0.4 is 9.62 Å². The molecule has 0 saturated carbocycles. The van der Waals surface area contributed by atoms with Gasteiger partial charge in [-0.1, -0.05) is 67.9 Å². The first kappa shape index (κ1) is 30.9. The molecule has 0 fully saturated rings. The second kappa shape index (κ2) is 13.6. The topological polar surface area (TPSA) is 86.8 Å². The van der Waals surface area contributed by atoms with Crippen LogP contribution in [0.25, 0.3) is 0 Å². The molecule has 2 atom stereocenters. The number of anilines is 1. The minimum absolute atomic E-state index is 0.0531. The predicted octanol–water partition coefficient (Wildman–Crippen LogP) is 5.53. The van der Waals surface area contributed by atoms with E-state index >= 15 is 0 Å². The van der Waals surface area contributed by atoms with E-state index in [4.69, 9.17) is 0 Å². The molecule has 8 heteroatoms. The van der Waals surface area contributed by atoms with E-state index in [0.717, 1.165) is 33.0 Å². The third-order valence-electron chi connectivity index (χ3n) is 6.93. The van der Waals surface area contributed by atoms with Crippen LogP contribution in [0.15, 0.2) is 77.7 Å². The van der Waals surface area contributed by atoms with E-state index in [1.54, 1.807) is 30.3 Å². The molecule has 0 aliphatic carbocycles. The molecule has 0 heterocycles. The zero-order valence-corrected chi connectivity index (χ0v) is 25.2. The Bertz CT molecular complexity index is 1400. The summed E-state index contributed by atoms with van der Waals surface area (Å²) in [6.45, 7) is 11.3. The van der Waals surface area contributed by atoms with Crippen LogP contribution in [-0.2, 0) is 26.2 Å². The molecule has 0 spiro atoms. The molecule has 0 aliphatic heterocycles. The largest absolute Gasteiger partial charge is 0.352 e. The van der Waals surface area contributed by atoms with Gasteiger partial charge in [0.1, 0.15) is 12.6 Å². The Morgan fingerprint density at radius 1 is 0.825 bits per heavy atom. The predicted molar refractivity (Wildman–Crippen MR) is 161 cm³/mol. The Morgan fingerprint density at radius 3 is 2.05 bits per heavy atom. The van der Waals surface area contributed by atoms with Crippen molar-refractivity contribution in [3.63, 3.8) is 0 Å². The average Bonchev–Trinajstić information content (AvgIpc) is 2.91. The first-order chi connectivity index (χ1) is 19.0. The lowest BCUT2D eigenvalue weighted by molar-refractivity contribution is -0.140. The summed E-state index contributed by atoms with van der Waals surface area (Å²) in [5, 5.41) is 3.00. The molecule has 3 aromatic rings. The van der Waals surface area contributed by atoms with Crippen LogP contribution in [0.5, 0.6) is 0 Å². The molecule has 0 aliphatic rings. The lowest BCUT2D eigenvalue weighted by Crippen LogP contribution is -2.53. The summed E-state index contributed by atoms with van der Waals surface area (Å²) >= 11 is 0. The molecule has 3 aromatic carbocycles. The first-order valence-corrected chi connectivity index (χ1v) is 15.2. The number of nitrogens with one attached hydrogen (secondary N) is 1. The molecule has 214 valence electrons. The summed E-state index contributed by atoms with van der Waals surface area (Å²) in [7, 11) is -4.09. The summed E-state index contributed by atoms with van der Waals surface area (Å²) in [6.07, 6.45) is 1.14. The summed E-state index contributed by atoms with van der Waals surface area (Å²) in [6, 6.07) is 20.5. The van der Waals surface area contributed by atoms with Gasteiger partial charge in [0, 0.05) is 12.6 Å². The van der Waals surface area contributed by atoms with Gasteiger partial charge in [0.15, 0.2) is 0 Å². The zero-order valence-electron chi connectivity index (χ0n) is 24.3. The molecule has 0 radical (unpaired) electrons. The molecule has 0 aromatic heterocycles. The highest BCUT2D eigenvalue weighted by Gasteiger charge is 2.34. The van der Waals surface area contributed by atoms with Crippen molar-refractivity contribution in [2.24, 2.45) is 0 Å². The van der Waals surface area contributed by atoms with Crippen LogP contribution in [0.1, 0.15) is 55.9 Å². The second-order valence-corrected chi connectivity index (χ2v) is 12.3. The van der Waals surface area contributed by atoms with E-state index < -0.39 is 28.5 Å². The number of nitrogens with zero attached hydrogens (tertiary/aromatic N) is 2. The van der Waals surface area contributed by atoms with Crippen molar-refractivity contribution in [3.8, 4) is 0 Å². The van der Waals surface area contributed by atoms with Crippen molar-refractivity contribution < 1.29 is 18.0 Å². The minimum atomic E-state index is -4.09. The molecule has 3 rings (SSSR count). The number of carbonyl (C=O) groups excluding carboxylic acids is 2. The fraction of sp³-hybridized carbons (Fsp3) is 0.375. The van der Waals surface area contributed by atoms with Crippen molar-refractivity contribution in [1.82, 2.24) is 10.2 Å². The Morgan fingerprint density at radius 2 is 1.48 bits per heavy atom. The molecule has 40 heavy (non-hydrogen) atoms. The van der Waals surface area contributed by atoms with Gasteiger partial charge in [-0.25, -0.2) is 8.42 Å². The fourth-order valence-electron chi connectivity index (χ4n) is 4.71. The Hall–Kier alpha value is -3.65. The van der Waals surface area contributed by atoms with Gasteiger partial charge >= 0.3 is 0 Å². The van der Waals surface area contributed by atoms with Gasteiger partial charge in [0.05, 0.1) is 10.6 Å². The van der Waals surface area contributed by atoms with Crippen LogP contribution in [0.2, 0.25) is 0 Å². The number of rotatable bonds is 12. The second-order valence-electron chi connectivity index (χ2n) is 10.4. The highest BCUT2D eigenvalue weighted by molar-refractivity contribution is 7.92. The van der Waals surface area contributed by atoms with Gasteiger partial charge in [-0.2, -0.15) is 0 Å². The molecule has 0 saturated heterocycles. The lowest BCUT2D eigenvalue weighted by atomic mass is 10.1. The number of sulfonamides is 1. The zero-order chi connectivity index (χ0) is 29.4. The summed E-state index contributed by atoms with van der Waals surface area (Å²) in [5.74, 6) is -0.701. The normalized spacial score (nSPS) is 12.8. The molecular weight excluding hydrogens is 522 g/mol. The SMILES string of the molecule is CC[C@H](C(=O)N[C@@H](C)CC)N(Cc1cccc(C)c1)C(=O)CN(c1cc(C)cc(C)c1)S(=O)(=O)c1ccccc1. The maximum absolute atomic E-state index is 14.2. The summed E-state index contributed by atoms with van der Waals surface area (Å²) in [4.78, 5) is 29.1. The van der Waals surface area contributed by atoms with E-state index in [-0.39, 0.29) is 23.4 Å². The van der Waals surface area contributed by atoms with Crippen molar-refractivity contribution in [2.45, 2.75) is 77.9 Å². The number of aryl methyl sites for hydroxylation is 3. The third kappa shape index (κ3) is 7.72. The van der Waals surface area contributed by atoms with Crippen LogP contribution in [0.4, 0.5) is 5.69 Å². The maximum atomic E-state index is 14.2. The molecule has 0 bridgehead atoms. The lowest BCUT2D eigenvalue weighted by Gasteiger charge is -2.34. The first-order valence-electron chi connectivity index (χ1n) is 13.8. The van der Waals surface area contributed by atoms with Gasteiger partial charge in [0.25, 0.3) is 10.0 Å². The molecule has 7 nitrogen and oxygen atoms in total. The summed E-state index contributed by atoms with van der Waals surface area (Å²) < 4.78 is 29.1. The van der Waals surface area contributed by atoms with Crippen LogP contribution in [0.3, 0.4) is 0 Å². The van der Waals surface area contributed by atoms with E-state index in [1.165, 1.54) is 17.0 Å². The molecule has 1 N–H and O–H groups in total. The summed E-state index contributed by atoms with van der Waals surface area (Å²) in [5.41, 5.74) is 4.07.